The van der Waals surface area contributed by atoms with Gasteiger partial charge in [0.1, 0.15) is 12.4 Å². The van der Waals surface area contributed by atoms with Gasteiger partial charge in [-0.3, -0.25) is 4.79 Å². The zero-order valence-electron chi connectivity index (χ0n) is 16.9. The molecule has 0 aliphatic heterocycles. The van der Waals surface area contributed by atoms with E-state index in [1.807, 2.05) is 63.2 Å². The molecule has 0 aliphatic carbocycles. The van der Waals surface area contributed by atoms with Crippen molar-refractivity contribution in [2.75, 3.05) is 26.0 Å². The van der Waals surface area contributed by atoms with Gasteiger partial charge in [-0.2, -0.15) is 4.31 Å². The summed E-state index contributed by atoms with van der Waals surface area (Å²) in [5.41, 5.74) is 4.12. The lowest BCUT2D eigenvalue weighted by atomic mass is 10.1. The summed E-state index contributed by atoms with van der Waals surface area (Å²) in [5, 5.41) is 2.71. The molecule has 0 bridgehead atoms. The molecule has 2 rings (SSSR count). The van der Waals surface area contributed by atoms with Crippen molar-refractivity contribution in [1.29, 1.82) is 0 Å². The van der Waals surface area contributed by atoms with Gasteiger partial charge in [0, 0.05) is 6.54 Å². The third-order valence-electron chi connectivity index (χ3n) is 4.28. The smallest absolute Gasteiger partial charge is 0.235 e. The van der Waals surface area contributed by atoms with Gasteiger partial charge in [0.15, 0.2) is 0 Å². The van der Waals surface area contributed by atoms with E-state index >= 15 is 0 Å². The van der Waals surface area contributed by atoms with E-state index in [4.69, 9.17) is 4.74 Å². The van der Waals surface area contributed by atoms with Crippen molar-refractivity contribution >= 4 is 15.9 Å². The van der Waals surface area contributed by atoms with Crippen LogP contribution in [-0.2, 0) is 21.4 Å². The van der Waals surface area contributed by atoms with E-state index in [-0.39, 0.29) is 19.0 Å². The standard InChI is InChI=1S/C21H28N2O4S/c1-16-5-8-19(9-6-16)14-23(28(4,25)26)15-21(24)22-11-12-27-20-10-7-17(2)13-18(20)3/h5-10,13H,11-12,14-15H2,1-4H3,(H,22,24). The highest BCUT2D eigenvalue weighted by molar-refractivity contribution is 7.88. The molecule has 0 fully saturated rings. The Balaban J connectivity index is 1.85. The van der Waals surface area contributed by atoms with Crippen molar-refractivity contribution in [3.63, 3.8) is 0 Å². The summed E-state index contributed by atoms with van der Waals surface area (Å²) in [5.74, 6) is 0.416. The van der Waals surface area contributed by atoms with Gasteiger partial charge in [-0.25, -0.2) is 8.42 Å². The number of carbonyl (C=O) groups is 1. The minimum absolute atomic E-state index is 0.158. The molecule has 1 N–H and O–H groups in total. The minimum atomic E-state index is -3.51. The molecule has 2 aromatic rings. The maximum absolute atomic E-state index is 12.2. The van der Waals surface area contributed by atoms with Crippen LogP contribution in [0.3, 0.4) is 0 Å². The van der Waals surface area contributed by atoms with Crippen molar-refractivity contribution in [1.82, 2.24) is 9.62 Å². The predicted molar refractivity (Wildman–Crippen MR) is 111 cm³/mol. The molecule has 0 radical (unpaired) electrons. The summed E-state index contributed by atoms with van der Waals surface area (Å²) in [6.45, 7) is 6.49. The van der Waals surface area contributed by atoms with Crippen LogP contribution in [0.5, 0.6) is 5.75 Å². The number of carbonyl (C=O) groups excluding carboxylic acids is 1. The number of rotatable bonds is 9. The average Bonchev–Trinajstić information content (AvgIpc) is 2.60. The van der Waals surface area contributed by atoms with Gasteiger partial charge in [0.05, 0.1) is 19.3 Å². The Morgan fingerprint density at radius 3 is 2.29 bits per heavy atom. The highest BCUT2D eigenvalue weighted by Gasteiger charge is 2.20. The molecule has 0 saturated heterocycles. The highest BCUT2D eigenvalue weighted by atomic mass is 32.2. The number of sulfonamides is 1. The molecular weight excluding hydrogens is 376 g/mol. The van der Waals surface area contributed by atoms with Crippen LogP contribution in [-0.4, -0.2) is 44.6 Å². The molecular formula is C21H28N2O4S. The summed E-state index contributed by atoms with van der Waals surface area (Å²) in [6, 6.07) is 13.5. The Kier molecular flexibility index (Phi) is 7.60. The SMILES string of the molecule is Cc1ccc(CN(CC(=O)NCCOc2ccc(C)cc2C)S(C)(=O)=O)cc1. The third-order valence-corrected chi connectivity index (χ3v) is 5.48. The summed E-state index contributed by atoms with van der Waals surface area (Å²) >= 11 is 0. The van der Waals surface area contributed by atoms with E-state index in [1.165, 1.54) is 0 Å². The molecule has 1 amide bonds. The number of nitrogens with zero attached hydrogens (tertiary/aromatic N) is 1. The maximum Gasteiger partial charge on any atom is 0.235 e. The van der Waals surface area contributed by atoms with E-state index < -0.39 is 10.0 Å². The van der Waals surface area contributed by atoms with Crippen LogP contribution in [0.25, 0.3) is 0 Å². The summed E-state index contributed by atoms with van der Waals surface area (Å²) in [6.07, 6.45) is 1.11. The molecule has 0 spiro atoms. The van der Waals surface area contributed by atoms with Crippen molar-refractivity contribution in [2.24, 2.45) is 0 Å². The van der Waals surface area contributed by atoms with Crippen LogP contribution >= 0.6 is 0 Å². The van der Waals surface area contributed by atoms with E-state index in [9.17, 15) is 13.2 Å². The fourth-order valence-electron chi connectivity index (χ4n) is 2.72. The first kappa shape index (κ1) is 21.9. The molecule has 7 heteroatoms. The zero-order valence-corrected chi connectivity index (χ0v) is 17.7. The number of hydrogen-bond acceptors (Lipinski definition) is 4. The van der Waals surface area contributed by atoms with Crippen LogP contribution in [0.15, 0.2) is 42.5 Å². The molecule has 2 aromatic carbocycles. The normalized spacial score (nSPS) is 11.5. The topological polar surface area (TPSA) is 75.7 Å². The number of aryl methyl sites for hydroxylation is 3. The van der Waals surface area contributed by atoms with Crippen LogP contribution in [0.4, 0.5) is 0 Å². The second kappa shape index (κ2) is 9.71. The number of hydrogen-bond donors (Lipinski definition) is 1. The second-order valence-corrected chi connectivity index (χ2v) is 8.97. The third kappa shape index (κ3) is 6.98. The number of amides is 1. The fourth-order valence-corrected chi connectivity index (χ4v) is 3.45. The lowest BCUT2D eigenvalue weighted by molar-refractivity contribution is -0.121. The lowest BCUT2D eigenvalue weighted by Crippen LogP contribution is -2.40. The Bertz CT molecular complexity index is 909. The molecule has 28 heavy (non-hydrogen) atoms. The predicted octanol–water partition coefficient (Wildman–Crippen LogP) is 2.57. The van der Waals surface area contributed by atoms with Crippen LogP contribution in [0.2, 0.25) is 0 Å². The van der Waals surface area contributed by atoms with E-state index in [0.29, 0.717) is 13.2 Å². The fraction of sp³-hybridized carbons (Fsp3) is 0.381. The molecule has 0 unspecified atom stereocenters. The Morgan fingerprint density at radius 2 is 1.68 bits per heavy atom. The number of ether oxygens (including phenoxy) is 1. The van der Waals surface area contributed by atoms with Crippen molar-refractivity contribution < 1.29 is 17.9 Å². The van der Waals surface area contributed by atoms with Crippen LogP contribution in [0.1, 0.15) is 22.3 Å². The van der Waals surface area contributed by atoms with Gasteiger partial charge in [0.25, 0.3) is 0 Å². The maximum atomic E-state index is 12.2. The van der Waals surface area contributed by atoms with Gasteiger partial charge in [-0.1, -0.05) is 47.5 Å². The lowest BCUT2D eigenvalue weighted by Gasteiger charge is -2.20. The monoisotopic (exact) mass is 404 g/mol. The van der Waals surface area contributed by atoms with E-state index in [2.05, 4.69) is 5.32 Å². The molecule has 0 aromatic heterocycles. The Hall–Kier alpha value is -2.38. The van der Waals surface area contributed by atoms with Crippen LogP contribution in [0, 0.1) is 20.8 Å². The zero-order chi connectivity index (χ0) is 20.7. The van der Waals surface area contributed by atoms with E-state index in [1.54, 1.807) is 0 Å². The Morgan fingerprint density at radius 1 is 1.04 bits per heavy atom. The molecule has 152 valence electrons. The first-order valence-corrected chi connectivity index (χ1v) is 11.0. The second-order valence-electron chi connectivity index (χ2n) is 6.98. The molecule has 6 nitrogen and oxygen atoms in total. The molecule has 0 heterocycles. The molecule has 0 aliphatic rings. The summed E-state index contributed by atoms with van der Waals surface area (Å²) in [7, 11) is -3.51. The van der Waals surface area contributed by atoms with Crippen LogP contribution < -0.4 is 10.1 Å². The summed E-state index contributed by atoms with van der Waals surface area (Å²) < 4.78 is 30.9. The van der Waals surface area contributed by atoms with E-state index in [0.717, 1.165) is 38.6 Å². The number of benzene rings is 2. The van der Waals surface area contributed by atoms with Gasteiger partial charge in [-0.05, 0) is 38.0 Å². The summed E-state index contributed by atoms with van der Waals surface area (Å²) in [4.78, 5) is 12.2. The van der Waals surface area contributed by atoms with Crippen molar-refractivity contribution in [2.45, 2.75) is 27.3 Å². The average molecular weight is 405 g/mol. The molecule has 0 atom stereocenters. The number of nitrogens with one attached hydrogen (secondary N) is 1. The van der Waals surface area contributed by atoms with Gasteiger partial charge >= 0.3 is 0 Å². The van der Waals surface area contributed by atoms with Crippen molar-refractivity contribution in [3.05, 3.63) is 64.7 Å². The van der Waals surface area contributed by atoms with Gasteiger partial charge in [0.2, 0.25) is 15.9 Å². The van der Waals surface area contributed by atoms with Crippen molar-refractivity contribution in [3.8, 4) is 5.75 Å². The first-order valence-electron chi connectivity index (χ1n) is 9.12. The highest BCUT2D eigenvalue weighted by Crippen LogP contribution is 2.18. The minimum Gasteiger partial charge on any atom is -0.491 e. The quantitative estimate of drug-likeness (QED) is 0.652. The Labute approximate surface area is 167 Å². The largest absolute Gasteiger partial charge is 0.491 e. The van der Waals surface area contributed by atoms with Gasteiger partial charge in [-0.15, -0.1) is 0 Å². The molecule has 0 saturated carbocycles. The van der Waals surface area contributed by atoms with Gasteiger partial charge < -0.3 is 10.1 Å². The first-order chi connectivity index (χ1) is 13.1.